The van der Waals surface area contributed by atoms with Gasteiger partial charge in [0.15, 0.2) is 9.04 Å². The third-order valence-electron chi connectivity index (χ3n) is 4.08. The van der Waals surface area contributed by atoms with Gasteiger partial charge in [0.2, 0.25) is 5.88 Å². The lowest BCUT2D eigenvalue weighted by Crippen LogP contribution is -2.38. The lowest BCUT2D eigenvalue weighted by atomic mass is 9.83. The molecule has 1 aromatic carbocycles. The molecule has 29 heavy (non-hydrogen) atoms. The fourth-order valence-electron chi connectivity index (χ4n) is 2.81. The average molecular weight is 452 g/mol. The van der Waals surface area contributed by atoms with Crippen LogP contribution >= 0.6 is 0 Å². The van der Waals surface area contributed by atoms with Gasteiger partial charge in [0, 0.05) is 17.0 Å². The third-order valence-corrected chi connectivity index (χ3v) is 5.88. The molecule has 6 nitrogen and oxygen atoms in total. The van der Waals surface area contributed by atoms with Crippen LogP contribution in [0.15, 0.2) is 30.3 Å². The molecule has 0 bridgehead atoms. The molecule has 11 heteroatoms. The lowest BCUT2D eigenvalue weighted by Gasteiger charge is -2.36. The Balaban J connectivity index is 2.54. The Bertz CT molecular complexity index is 974. The first-order chi connectivity index (χ1) is 13.1. The zero-order valence-electron chi connectivity index (χ0n) is 16.7. The van der Waals surface area contributed by atoms with Gasteiger partial charge in [-0.2, -0.15) is 21.6 Å². The van der Waals surface area contributed by atoms with E-state index in [4.69, 9.17) is 4.43 Å². The van der Waals surface area contributed by atoms with Crippen LogP contribution in [0.1, 0.15) is 32.4 Å². The fourth-order valence-corrected chi connectivity index (χ4v) is 4.36. The summed E-state index contributed by atoms with van der Waals surface area (Å²) in [7, 11) is -7.39. The minimum Gasteiger partial charge on any atom is -0.414 e. The number of fused-ring (bicyclic) bond motifs is 1. The van der Waals surface area contributed by atoms with Crippen molar-refractivity contribution in [3.63, 3.8) is 0 Å². The smallest absolute Gasteiger partial charge is 0.414 e. The number of pyridine rings is 1. The number of benzene rings is 1. The van der Waals surface area contributed by atoms with E-state index in [-0.39, 0.29) is 5.52 Å². The van der Waals surface area contributed by atoms with E-state index in [0.29, 0.717) is 10.9 Å². The molecule has 162 valence electrons. The van der Waals surface area contributed by atoms with Gasteiger partial charge >= 0.3 is 15.6 Å². The first-order valence-corrected chi connectivity index (χ1v) is 13.1. The summed E-state index contributed by atoms with van der Waals surface area (Å²) in [6.45, 7) is 9.63. The van der Waals surface area contributed by atoms with Crippen molar-refractivity contribution in [1.29, 1.82) is 0 Å². The van der Waals surface area contributed by atoms with Crippen molar-refractivity contribution in [2.45, 2.75) is 51.6 Å². The van der Waals surface area contributed by atoms with Gasteiger partial charge in [0.1, 0.15) is 6.10 Å². The SMILES string of the molecule is C[SiH](C)OC(C(O)c1cccc2ccc(OS(=O)(=O)C(F)(F)F)nc12)C(C)(C)C. The van der Waals surface area contributed by atoms with Crippen molar-refractivity contribution in [3.8, 4) is 5.88 Å². The summed E-state index contributed by atoms with van der Waals surface area (Å²) in [4.78, 5) is 3.93. The van der Waals surface area contributed by atoms with Gasteiger partial charge in [-0.1, -0.05) is 39.0 Å². The van der Waals surface area contributed by atoms with Gasteiger partial charge in [-0.25, -0.2) is 4.98 Å². The summed E-state index contributed by atoms with van der Waals surface area (Å²) in [5.74, 6) is -0.735. The summed E-state index contributed by atoms with van der Waals surface area (Å²) >= 11 is 0. The van der Waals surface area contributed by atoms with Crippen LogP contribution in [0.5, 0.6) is 5.88 Å². The number of halogens is 3. The highest BCUT2D eigenvalue weighted by atomic mass is 32.2. The van der Waals surface area contributed by atoms with Crippen LogP contribution in [0, 0.1) is 5.41 Å². The van der Waals surface area contributed by atoms with Crippen molar-refractivity contribution in [2.75, 3.05) is 0 Å². The molecule has 2 unspecified atom stereocenters. The van der Waals surface area contributed by atoms with Crippen molar-refractivity contribution in [1.82, 2.24) is 4.98 Å². The number of aliphatic hydroxyl groups excluding tert-OH is 1. The second-order valence-electron chi connectivity index (χ2n) is 7.97. The number of hydrogen-bond donors (Lipinski definition) is 1. The molecular formula is C18H24F3NO5SSi. The van der Waals surface area contributed by atoms with Gasteiger partial charge in [-0.05, 0) is 24.6 Å². The molecule has 2 rings (SSSR count). The lowest BCUT2D eigenvalue weighted by molar-refractivity contribution is -0.0501. The molecule has 1 N–H and O–H groups in total. The van der Waals surface area contributed by atoms with Crippen molar-refractivity contribution >= 4 is 30.1 Å². The summed E-state index contributed by atoms with van der Waals surface area (Å²) in [5, 5.41) is 11.5. The Kier molecular flexibility index (Phi) is 6.67. The highest BCUT2D eigenvalue weighted by Gasteiger charge is 2.49. The van der Waals surface area contributed by atoms with Crippen LogP contribution < -0.4 is 4.18 Å². The number of alkyl halides is 3. The van der Waals surface area contributed by atoms with Gasteiger partial charge in [0.05, 0.1) is 11.6 Å². The molecule has 2 aromatic rings. The monoisotopic (exact) mass is 451 g/mol. The minimum atomic E-state index is -5.85. The third kappa shape index (κ3) is 5.47. The summed E-state index contributed by atoms with van der Waals surface area (Å²) in [6.07, 6.45) is -1.72. The largest absolute Gasteiger partial charge is 0.534 e. The maximum absolute atomic E-state index is 12.6. The topological polar surface area (TPSA) is 85.7 Å². The van der Waals surface area contributed by atoms with Gasteiger partial charge in [0.25, 0.3) is 0 Å². The molecule has 0 spiro atoms. The molecule has 0 amide bonds. The van der Waals surface area contributed by atoms with Crippen LogP contribution in [0.2, 0.25) is 13.1 Å². The van der Waals surface area contributed by atoms with Gasteiger partial charge < -0.3 is 13.7 Å². The molecule has 0 fully saturated rings. The first kappa shape index (κ1) is 23.6. The van der Waals surface area contributed by atoms with Crippen molar-refractivity contribution < 1.29 is 35.3 Å². The maximum atomic E-state index is 12.6. The predicted octanol–water partition coefficient (Wildman–Crippen LogP) is 3.91. The molecule has 0 radical (unpaired) electrons. The summed E-state index contributed by atoms with van der Waals surface area (Å²) in [6, 6.07) is 7.29. The Labute approximate surface area is 169 Å². The Morgan fingerprint density at radius 2 is 1.72 bits per heavy atom. The number of aromatic nitrogens is 1. The molecular weight excluding hydrogens is 427 g/mol. The van der Waals surface area contributed by atoms with E-state index in [1.54, 1.807) is 18.2 Å². The maximum Gasteiger partial charge on any atom is 0.534 e. The zero-order chi connectivity index (χ0) is 22.2. The second kappa shape index (κ2) is 8.21. The van der Waals surface area contributed by atoms with Crippen LogP contribution in [-0.4, -0.2) is 39.2 Å². The normalized spacial score (nSPS) is 15.5. The molecule has 1 heterocycles. The quantitative estimate of drug-likeness (QED) is 0.407. The zero-order valence-corrected chi connectivity index (χ0v) is 18.7. The standard InChI is InChI=1S/C18H24F3NO5SSi/c1-17(2,3)16(27-29(4)5)15(23)12-8-6-7-11-9-10-13(22-14(11)12)26-28(24,25)18(19,20)21/h6-10,15-16,23,29H,1-5H3. The molecule has 1 aromatic heterocycles. The summed E-state index contributed by atoms with van der Waals surface area (Å²) < 4.78 is 70.5. The van der Waals surface area contributed by atoms with E-state index >= 15 is 0 Å². The van der Waals surface area contributed by atoms with Crippen LogP contribution in [-0.2, 0) is 14.5 Å². The first-order valence-electron chi connectivity index (χ1n) is 8.87. The van der Waals surface area contributed by atoms with Crippen LogP contribution in [0.25, 0.3) is 10.9 Å². The number of hydrogen-bond acceptors (Lipinski definition) is 6. The Hall–Kier alpha value is -1.69. The number of rotatable bonds is 6. The van der Waals surface area contributed by atoms with E-state index in [0.717, 1.165) is 6.07 Å². The summed E-state index contributed by atoms with van der Waals surface area (Å²) in [5.41, 5.74) is -5.56. The highest BCUT2D eigenvalue weighted by molar-refractivity contribution is 7.87. The van der Waals surface area contributed by atoms with E-state index in [1.165, 1.54) is 6.07 Å². The van der Waals surface area contributed by atoms with E-state index in [2.05, 4.69) is 9.17 Å². The molecule has 0 saturated heterocycles. The fraction of sp³-hybridized carbons (Fsp3) is 0.500. The van der Waals surface area contributed by atoms with E-state index in [9.17, 15) is 26.7 Å². The highest BCUT2D eigenvalue weighted by Crippen LogP contribution is 2.36. The molecule has 0 aliphatic carbocycles. The van der Waals surface area contributed by atoms with Crippen LogP contribution in [0.3, 0.4) is 0 Å². The number of para-hydroxylation sites is 1. The van der Waals surface area contributed by atoms with Crippen LogP contribution in [0.4, 0.5) is 13.2 Å². The average Bonchev–Trinajstić information content (AvgIpc) is 2.56. The van der Waals surface area contributed by atoms with Crippen molar-refractivity contribution in [2.24, 2.45) is 5.41 Å². The Morgan fingerprint density at radius 3 is 2.24 bits per heavy atom. The van der Waals surface area contributed by atoms with Gasteiger partial charge in [-0.15, -0.1) is 0 Å². The molecule has 0 saturated carbocycles. The number of nitrogens with zero attached hydrogens (tertiary/aromatic N) is 1. The predicted molar refractivity (Wildman–Crippen MR) is 106 cm³/mol. The van der Waals surface area contributed by atoms with E-state index in [1.807, 2.05) is 33.9 Å². The molecule has 0 aliphatic rings. The Morgan fingerprint density at radius 1 is 1.10 bits per heavy atom. The van der Waals surface area contributed by atoms with E-state index < -0.39 is 48.2 Å². The molecule has 0 aliphatic heterocycles. The van der Waals surface area contributed by atoms with Gasteiger partial charge in [-0.3, -0.25) is 0 Å². The molecule has 2 atom stereocenters. The van der Waals surface area contributed by atoms with Crippen molar-refractivity contribution in [3.05, 3.63) is 35.9 Å². The number of aliphatic hydroxyl groups is 1. The second-order valence-corrected chi connectivity index (χ2v) is 11.9. The minimum absolute atomic E-state index is 0.137.